The highest BCUT2D eigenvalue weighted by molar-refractivity contribution is 7.86. The van der Waals surface area contributed by atoms with Crippen LogP contribution in [0.5, 0.6) is 11.5 Å². The Hall–Kier alpha value is -1.93. The van der Waals surface area contributed by atoms with Crippen molar-refractivity contribution in [3.8, 4) is 11.5 Å². The van der Waals surface area contributed by atoms with E-state index >= 15 is 0 Å². The molecule has 114 valence electrons. The molecule has 8 heteroatoms. The Morgan fingerprint density at radius 2 is 1.90 bits per heavy atom. The van der Waals surface area contributed by atoms with Gasteiger partial charge >= 0.3 is 10.1 Å². The summed E-state index contributed by atoms with van der Waals surface area (Å²) < 4.78 is 64.4. The number of hydrogen-bond donors (Lipinski definition) is 0. The van der Waals surface area contributed by atoms with Crippen LogP contribution in [0.25, 0.3) is 10.8 Å². The van der Waals surface area contributed by atoms with Crippen LogP contribution in [0.1, 0.15) is 0 Å². The maximum atomic E-state index is 13.9. The van der Waals surface area contributed by atoms with Crippen LogP contribution < -0.4 is 8.92 Å². The average Bonchev–Trinajstić information content (AvgIpc) is 2.38. The largest absolute Gasteiger partial charge is 0.467 e. The van der Waals surface area contributed by atoms with Crippen molar-refractivity contribution in [3.63, 3.8) is 0 Å². The van der Waals surface area contributed by atoms with E-state index in [1.165, 1.54) is 19.2 Å². The molecule has 0 saturated carbocycles. The van der Waals surface area contributed by atoms with Gasteiger partial charge in [0.1, 0.15) is 5.75 Å². The van der Waals surface area contributed by atoms with Crippen LogP contribution >= 0.6 is 0 Å². The predicted molar refractivity (Wildman–Crippen MR) is 71.8 cm³/mol. The van der Waals surface area contributed by atoms with Crippen LogP contribution in [-0.4, -0.2) is 28.6 Å². The quantitative estimate of drug-likeness (QED) is 0.626. The normalized spacial score (nSPS) is 11.6. The van der Waals surface area contributed by atoms with E-state index in [0.717, 1.165) is 18.4 Å². The van der Waals surface area contributed by atoms with Gasteiger partial charge in [0.2, 0.25) is 0 Å². The van der Waals surface area contributed by atoms with Gasteiger partial charge in [-0.05, 0) is 17.5 Å². The molecule has 0 saturated heterocycles. The van der Waals surface area contributed by atoms with Crippen LogP contribution in [0.3, 0.4) is 0 Å². The summed E-state index contributed by atoms with van der Waals surface area (Å²) in [7, 11) is -2.50. The van der Waals surface area contributed by atoms with Gasteiger partial charge < -0.3 is 13.7 Å². The Morgan fingerprint density at radius 3 is 2.52 bits per heavy atom. The fraction of sp³-hybridized carbons (Fsp3) is 0.231. The second-order valence-electron chi connectivity index (χ2n) is 4.22. The Balaban J connectivity index is 2.66. The molecular formula is C13H12F2O5S. The van der Waals surface area contributed by atoms with Crippen molar-refractivity contribution >= 4 is 20.9 Å². The monoisotopic (exact) mass is 318 g/mol. The zero-order valence-electron chi connectivity index (χ0n) is 11.2. The molecule has 0 atom stereocenters. The molecular weight excluding hydrogens is 306 g/mol. The van der Waals surface area contributed by atoms with E-state index in [-0.39, 0.29) is 29.1 Å². The van der Waals surface area contributed by atoms with E-state index in [4.69, 9.17) is 13.7 Å². The third kappa shape index (κ3) is 3.59. The van der Waals surface area contributed by atoms with Crippen molar-refractivity contribution in [2.45, 2.75) is 0 Å². The molecule has 2 aromatic carbocycles. The van der Waals surface area contributed by atoms with Crippen molar-refractivity contribution in [2.24, 2.45) is 0 Å². The SMILES string of the molecule is COCOc1cc(OS(C)(=O)=O)c2c(F)c(F)ccc2c1. The number of methoxy groups -OCH3 is 1. The third-order valence-corrected chi connectivity index (χ3v) is 3.01. The van der Waals surface area contributed by atoms with Gasteiger partial charge in [0.05, 0.1) is 11.6 Å². The Kier molecular flexibility index (Phi) is 4.29. The van der Waals surface area contributed by atoms with Gasteiger partial charge in [0.15, 0.2) is 24.2 Å². The number of ether oxygens (including phenoxy) is 2. The first kappa shape index (κ1) is 15.5. The van der Waals surface area contributed by atoms with Crippen LogP contribution in [0.15, 0.2) is 24.3 Å². The lowest BCUT2D eigenvalue weighted by atomic mass is 10.1. The standard InChI is InChI=1S/C13H12F2O5S/c1-18-7-19-9-5-8-3-4-10(14)13(15)12(8)11(6-9)20-21(2,16)17/h3-6H,7H2,1-2H3. The highest BCUT2D eigenvalue weighted by Crippen LogP contribution is 2.34. The number of fused-ring (bicyclic) bond motifs is 1. The van der Waals surface area contributed by atoms with E-state index in [0.29, 0.717) is 0 Å². The maximum absolute atomic E-state index is 13.9. The number of rotatable bonds is 5. The van der Waals surface area contributed by atoms with Crippen LogP contribution in [-0.2, 0) is 14.9 Å². The van der Waals surface area contributed by atoms with Crippen LogP contribution in [0.2, 0.25) is 0 Å². The smallest absolute Gasteiger partial charge is 0.306 e. The zero-order valence-corrected chi connectivity index (χ0v) is 12.0. The lowest BCUT2D eigenvalue weighted by Crippen LogP contribution is -2.07. The van der Waals surface area contributed by atoms with E-state index in [9.17, 15) is 17.2 Å². The van der Waals surface area contributed by atoms with Gasteiger partial charge in [-0.2, -0.15) is 8.42 Å². The first-order chi connectivity index (χ1) is 9.81. The molecule has 0 radical (unpaired) electrons. The molecule has 0 N–H and O–H groups in total. The maximum Gasteiger partial charge on any atom is 0.306 e. The number of halogens is 2. The molecule has 0 amide bonds. The predicted octanol–water partition coefficient (Wildman–Crippen LogP) is 2.44. The Labute approximate surface area is 120 Å². The summed E-state index contributed by atoms with van der Waals surface area (Å²) in [4.78, 5) is 0. The summed E-state index contributed by atoms with van der Waals surface area (Å²) in [6, 6.07) is 4.81. The van der Waals surface area contributed by atoms with Gasteiger partial charge in [-0.25, -0.2) is 8.78 Å². The molecule has 2 aromatic rings. The minimum absolute atomic E-state index is 0.0898. The fourth-order valence-electron chi connectivity index (χ4n) is 1.77. The third-order valence-electron chi connectivity index (χ3n) is 2.53. The first-order valence-corrected chi connectivity index (χ1v) is 7.56. The van der Waals surface area contributed by atoms with Gasteiger partial charge in [0.25, 0.3) is 0 Å². The molecule has 0 bridgehead atoms. The molecule has 0 aliphatic heterocycles. The molecule has 0 heterocycles. The number of hydrogen-bond acceptors (Lipinski definition) is 5. The number of benzene rings is 2. The summed E-state index contributed by atoms with van der Waals surface area (Å²) >= 11 is 0. The molecule has 0 fully saturated rings. The first-order valence-electron chi connectivity index (χ1n) is 5.75. The topological polar surface area (TPSA) is 61.8 Å². The average molecular weight is 318 g/mol. The second-order valence-corrected chi connectivity index (χ2v) is 5.79. The molecule has 0 aromatic heterocycles. The lowest BCUT2D eigenvalue weighted by Gasteiger charge is -2.12. The molecule has 5 nitrogen and oxygen atoms in total. The second kappa shape index (κ2) is 5.82. The lowest BCUT2D eigenvalue weighted by molar-refractivity contribution is 0.0511. The highest BCUT2D eigenvalue weighted by atomic mass is 32.2. The van der Waals surface area contributed by atoms with Crippen LogP contribution in [0.4, 0.5) is 8.78 Å². The molecule has 0 unspecified atom stereocenters. The minimum Gasteiger partial charge on any atom is -0.467 e. The van der Waals surface area contributed by atoms with Crippen molar-refractivity contribution in [3.05, 3.63) is 35.9 Å². The molecule has 21 heavy (non-hydrogen) atoms. The van der Waals surface area contributed by atoms with E-state index in [2.05, 4.69) is 0 Å². The summed E-state index contributed by atoms with van der Waals surface area (Å²) in [5.41, 5.74) is 0. The van der Waals surface area contributed by atoms with Crippen molar-refractivity contribution in [2.75, 3.05) is 20.2 Å². The van der Waals surface area contributed by atoms with E-state index in [1.54, 1.807) is 0 Å². The molecule has 2 rings (SSSR count). The Bertz CT molecular complexity index is 774. The summed E-state index contributed by atoms with van der Waals surface area (Å²) in [6.45, 7) is -0.0898. The Morgan fingerprint density at radius 1 is 1.19 bits per heavy atom. The van der Waals surface area contributed by atoms with Gasteiger partial charge in [-0.3, -0.25) is 0 Å². The van der Waals surface area contributed by atoms with Crippen molar-refractivity contribution < 1.29 is 30.9 Å². The highest BCUT2D eigenvalue weighted by Gasteiger charge is 2.17. The summed E-state index contributed by atoms with van der Waals surface area (Å²) in [6.07, 6.45) is 0.804. The fourth-order valence-corrected chi connectivity index (χ4v) is 2.23. The van der Waals surface area contributed by atoms with Crippen LogP contribution in [0, 0.1) is 11.6 Å². The molecule has 0 aliphatic carbocycles. The van der Waals surface area contributed by atoms with E-state index < -0.39 is 21.8 Å². The molecule has 0 aliphatic rings. The zero-order chi connectivity index (χ0) is 15.6. The van der Waals surface area contributed by atoms with Gasteiger partial charge in [0, 0.05) is 13.2 Å². The summed E-state index contributed by atoms with van der Waals surface area (Å²) in [5.74, 6) is -2.44. The van der Waals surface area contributed by atoms with E-state index in [1.807, 2.05) is 0 Å². The van der Waals surface area contributed by atoms with Gasteiger partial charge in [-0.15, -0.1) is 0 Å². The van der Waals surface area contributed by atoms with Gasteiger partial charge in [-0.1, -0.05) is 6.07 Å². The van der Waals surface area contributed by atoms with Crippen molar-refractivity contribution in [1.82, 2.24) is 0 Å². The molecule has 0 spiro atoms. The summed E-state index contributed by atoms with van der Waals surface area (Å²) in [5, 5.41) is -0.0358. The van der Waals surface area contributed by atoms with Crippen molar-refractivity contribution in [1.29, 1.82) is 0 Å². The minimum atomic E-state index is -3.91.